The van der Waals surface area contributed by atoms with Crippen LogP contribution >= 0.6 is 11.3 Å². The van der Waals surface area contributed by atoms with Gasteiger partial charge >= 0.3 is 6.18 Å². The maximum Gasteiger partial charge on any atom is 0.393 e. The zero-order valence-electron chi connectivity index (χ0n) is 28.5. The first-order valence-corrected chi connectivity index (χ1v) is 19.3. The molecule has 2 aliphatic rings. The summed E-state index contributed by atoms with van der Waals surface area (Å²) < 4.78 is 67.3. The highest BCUT2D eigenvalue weighted by molar-refractivity contribution is 7.88. The number of nitriles is 1. The van der Waals surface area contributed by atoms with Crippen LogP contribution in [0.5, 0.6) is 0 Å². The Morgan fingerprint density at radius 1 is 1.10 bits per heavy atom. The molecular weight excluding hydrogens is 674 g/mol. The van der Waals surface area contributed by atoms with Gasteiger partial charge in [0.1, 0.15) is 28.7 Å². The molecule has 0 spiro atoms. The van der Waals surface area contributed by atoms with Gasteiger partial charge in [0.15, 0.2) is 0 Å². The average Bonchev–Trinajstić information content (AvgIpc) is 3.58. The second kappa shape index (κ2) is 13.8. The first kappa shape index (κ1) is 35.5. The van der Waals surface area contributed by atoms with Crippen molar-refractivity contribution in [3.05, 3.63) is 52.3 Å². The number of alkyl halides is 3. The molecule has 2 fully saturated rings. The van der Waals surface area contributed by atoms with Crippen LogP contribution in [0, 0.1) is 18.3 Å². The van der Waals surface area contributed by atoms with Crippen LogP contribution < -0.4 is 5.32 Å². The number of anilines is 1. The van der Waals surface area contributed by atoms with E-state index in [0.29, 0.717) is 41.4 Å². The van der Waals surface area contributed by atoms with E-state index < -0.39 is 22.6 Å². The monoisotopic (exact) mass is 716 g/mol. The van der Waals surface area contributed by atoms with Crippen LogP contribution in [0.1, 0.15) is 55.3 Å². The summed E-state index contributed by atoms with van der Waals surface area (Å²) >= 11 is 1.06. The number of aromatic nitrogens is 3. The van der Waals surface area contributed by atoms with Gasteiger partial charge in [0.2, 0.25) is 10.0 Å². The molecule has 49 heavy (non-hydrogen) atoms. The van der Waals surface area contributed by atoms with Crippen molar-refractivity contribution < 1.29 is 21.6 Å². The molecule has 15 heteroatoms. The number of halogens is 3. The summed E-state index contributed by atoms with van der Waals surface area (Å²) in [5, 5.41) is 15.3. The topological polar surface area (TPSA) is 110 Å². The Morgan fingerprint density at radius 2 is 1.80 bits per heavy atom. The Labute approximate surface area is 289 Å². The summed E-state index contributed by atoms with van der Waals surface area (Å²) in [7, 11) is -3.29. The average molecular weight is 717 g/mol. The predicted molar refractivity (Wildman–Crippen MR) is 187 cm³/mol. The number of nitrogens with one attached hydrogen (secondary N) is 1. The van der Waals surface area contributed by atoms with E-state index in [-0.39, 0.29) is 29.0 Å². The van der Waals surface area contributed by atoms with Gasteiger partial charge in [0.25, 0.3) is 0 Å². The van der Waals surface area contributed by atoms with Gasteiger partial charge in [-0.2, -0.15) is 22.7 Å². The molecule has 0 saturated carbocycles. The maximum absolute atomic E-state index is 13.0. The van der Waals surface area contributed by atoms with E-state index in [2.05, 4.69) is 61.7 Å². The fourth-order valence-electron chi connectivity index (χ4n) is 7.70. The third-order valence-corrected chi connectivity index (χ3v) is 12.5. The summed E-state index contributed by atoms with van der Waals surface area (Å²) in [6.07, 6.45) is -0.820. The van der Waals surface area contributed by atoms with Gasteiger partial charge in [-0.1, -0.05) is 6.07 Å². The third-order valence-electron chi connectivity index (χ3n) is 9.98. The van der Waals surface area contributed by atoms with Crippen LogP contribution in [0.25, 0.3) is 21.1 Å². The molecule has 1 aromatic carbocycles. The van der Waals surface area contributed by atoms with Gasteiger partial charge in [0.05, 0.1) is 18.1 Å². The molecule has 0 aliphatic carbocycles. The molecule has 4 aromatic rings. The fraction of sp³-hybridized carbons (Fsp3) is 0.559. The van der Waals surface area contributed by atoms with E-state index in [4.69, 9.17) is 0 Å². The predicted octanol–water partition coefficient (Wildman–Crippen LogP) is 5.75. The lowest BCUT2D eigenvalue weighted by Crippen LogP contribution is -2.60. The van der Waals surface area contributed by atoms with Crippen molar-refractivity contribution in [2.24, 2.45) is 0 Å². The molecule has 0 amide bonds. The first-order chi connectivity index (χ1) is 23.1. The van der Waals surface area contributed by atoms with Crippen LogP contribution in [0.2, 0.25) is 0 Å². The number of hydrogen-bond donors (Lipinski definition) is 1. The zero-order chi connectivity index (χ0) is 35.2. The normalized spacial score (nSPS) is 21.4. The molecule has 5 heterocycles. The Bertz CT molecular complexity index is 1970. The molecule has 264 valence electrons. The van der Waals surface area contributed by atoms with Crippen molar-refractivity contribution in [1.29, 1.82) is 5.26 Å². The van der Waals surface area contributed by atoms with Crippen molar-refractivity contribution in [1.82, 2.24) is 28.6 Å². The summed E-state index contributed by atoms with van der Waals surface area (Å²) in [5.74, 6) is 0.585. The van der Waals surface area contributed by atoms with Gasteiger partial charge in [0, 0.05) is 79.2 Å². The molecule has 1 N–H and O–H groups in total. The molecule has 0 bridgehead atoms. The number of thiophene rings is 1. The standard InChI is InChI=1S/C34H43F3N8O2S2/c1-21(43-16-22(2)45(23(3)17-43)49(5,46)47)18-44-27(15-38)12-29-24(4)25(6-7-31(29)44)19-42-10-8-26(9-11-42)41-32-30-13-28(14-34(35,36)37)48-33(30)40-20-39-32/h6-7,12-13,20-23,26H,8-11,14,16-19H2,1-5H3,(H,39,40,41)/t21-,22-,23-/m1/s1. The Balaban J connectivity index is 1.10. The first-order valence-electron chi connectivity index (χ1n) is 16.6. The molecule has 3 atom stereocenters. The van der Waals surface area contributed by atoms with Crippen LogP contribution in [0.4, 0.5) is 19.0 Å². The lowest BCUT2D eigenvalue weighted by atomic mass is 10.0. The fourth-order valence-corrected chi connectivity index (χ4v) is 10.2. The zero-order valence-corrected chi connectivity index (χ0v) is 30.1. The highest BCUT2D eigenvalue weighted by Gasteiger charge is 2.37. The number of benzene rings is 1. The van der Waals surface area contributed by atoms with Crippen molar-refractivity contribution in [3.63, 3.8) is 0 Å². The largest absolute Gasteiger partial charge is 0.393 e. The van der Waals surface area contributed by atoms with Gasteiger partial charge in [-0.3, -0.25) is 9.80 Å². The van der Waals surface area contributed by atoms with Crippen molar-refractivity contribution in [3.8, 4) is 6.07 Å². The number of hydrogen-bond acceptors (Lipinski definition) is 9. The van der Waals surface area contributed by atoms with E-state index in [0.717, 1.165) is 60.3 Å². The van der Waals surface area contributed by atoms with Gasteiger partial charge in [-0.25, -0.2) is 18.4 Å². The smallest absolute Gasteiger partial charge is 0.367 e. The number of piperazine rings is 1. The minimum atomic E-state index is -4.27. The maximum atomic E-state index is 13.0. The summed E-state index contributed by atoms with van der Waals surface area (Å²) in [5.41, 5.74) is 3.99. The van der Waals surface area contributed by atoms with E-state index in [1.807, 2.05) is 19.9 Å². The molecule has 10 nitrogen and oxygen atoms in total. The van der Waals surface area contributed by atoms with Crippen molar-refractivity contribution in [2.45, 2.75) is 90.4 Å². The van der Waals surface area contributed by atoms with E-state index in [1.54, 1.807) is 10.4 Å². The summed E-state index contributed by atoms with van der Waals surface area (Å²) in [4.78, 5) is 14.1. The number of rotatable bonds is 9. The van der Waals surface area contributed by atoms with Gasteiger partial charge in [-0.15, -0.1) is 11.3 Å². The second-order valence-electron chi connectivity index (χ2n) is 13.8. The summed E-state index contributed by atoms with van der Waals surface area (Å²) in [6, 6.07) is 10.2. The molecular formula is C34H43F3N8O2S2. The Morgan fingerprint density at radius 3 is 2.43 bits per heavy atom. The Hall–Kier alpha value is -3.29. The van der Waals surface area contributed by atoms with Crippen LogP contribution in [-0.2, 0) is 29.5 Å². The lowest BCUT2D eigenvalue weighted by Gasteiger charge is -2.45. The molecule has 6 rings (SSSR count). The molecule has 0 radical (unpaired) electrons. The summed E-state index contributed by atoms with van der Waals surface area (Å²) in [6.45, 7) is 12.5. The van der Waals surface area contributed by atoms with E-state index in [1.165, 1.54) is 18.1 Å². The number of sulfonamides is 1. The Kier molecular flexibility index (Phi) is 10.00. The molecule has 2 aliphatic heterocycles. The minimum absolute atomic E-state index is 0.101. The highest BCUT2D eigenvalue weighted by Crippen LogP contribution is 2.34. The lowest BCUT2D eigenvalue weighted by molar-refractivity contribution is -0.126. The van der Waals surface area contributed by atoms with Crippen LogP contribution in [-0.4, -0.2) is 99.8 Å². The SMILES string of the molecule is Cc1c(CN2CCC(Nc3ncnc4sc(CC(F)(F)F)cc34)CC2)ccc2c1cc(C#N)n2C[C@@H](C)N1C[C@@H](C)N(S(C)(=O)=O)[C@H](C)C1. The minimum Gasteiger partial charge on any atom is -0.367 e. The van der Waals surface area contributed by atoms with Crippen LogP contribution in [0.3, 0.4) is 0 Å². The van der Waals surface area contributed by atoms with Crippen LogP contribution in [0.15, 0.2) is 30.6 Å². The van der Waals surface area contributed by atoms with E-state index in [9.17, 15) is 26.9 Å². The molecule has 0 unspecified atom stereocenters. The van der Waals surface area contributed by atoms with Crippen molar-refractivity contribution in [2.75, 3.05) is 37.8 Å². The number of likely N-dealkylation sites (tertiary alicyclic amines) is 1. The number of nitrogens with zero attached hydrogens (tertiary/aromatic N) is 7. The van der Waals surface area contributed by atoms with Crippen molar-refractivity contribution >= 4 is 48.3 Å². The quantitative estimate of drug-likeness (QED) is 0.233. The highest BCUT2D eigenvalue weighted by atomic mass is 32.2. The number of piperidine rings is 1. The second-order valence-corrected chi connectivity index (χ2v) is 16.8. The number of aryl methyl sites for hydroxylation is 1. The third kappa shape index (κ3) is 7.73. The van der Waals surface area contributed by atoms with Gasteiger partial charge < -0.3 is 9.88 Å². The molecule has 2 saturated heterocycles. The van der Waals surface area contributed by atoms with E-state index >= 15 is 0 Å². The van der Waals surface area contributed by atoms with Gasteiger partial charge in [-0.05, 0) is 69.9 Å². The molecule has 3 aromatic heterocycles. The number of fused-ring (bicyclic) bond motifs is 2.